The summed E-state index contributed by atoms with van der Waals surface area (Å²) < 4.78 is 34.3. The monoisotopic (exact) mass is 557 g/mol. The van der Waals surface area contributed by atoms with Gasteiger partial charge in [-0.25, -0.2) is 0 Å². The van der Waals surface area contributed by atoms with Crippen molar-refractivity contribution in [3.8, 4) is 17.2 Å². The first-order chi connectivity index (χ1) is 18.2. The van der Waals surface area contributed by atoms with E-state index < -0.39 is 7.82 Å². The van der Waals surface area contributed by atoms with Gasteiger partial charge in [0, 0.05) is 0 Å². The van der Waals surface area contributed by atoms with Gasteiger partial charge in [-0.05, 0) is 18.6 Å². The Balaban J connectivity index is 2.17. The van der Waals surface area contributed by atoms with Crippen LogP contribution in [-0.2, 0) is 9.09 Å². The van der Waals surface area contributed by atoms with Crippen molar-refractivity contribution < 1.29 is 32.5 Å². The fourth-order valence-electron chi connectivity index (χ4n) is 4.29. The molecule has 0 N–H and O–H groups in total. The highest BCUT2D eigenvalue weighted by molar-refractivity contribution is 7.46. The number of phosphoric ester groups is 1. The quantitative estimate of drug-likeness (QED) is 0.0691. The number of nitrogens with zero attached hydrogens (tertiary/aromatic N) is 1. The SMILES string of the molecule is CCCCCCCCCCCCCCCCCCOc1cccc(OP(=O)([O-])OCC[N+](C)(C)C)c1OC. The molecule has 0 saturated heterocycles. The topological polar surface area (TPSA) is 77.1 Å². The third-order valence-corrected chi connectivity index (χ3v) is 7.54. The molecule has 0 aliphatic rings. The van der Waals surface area contributed by atoms with E-state index in [0.717, 1.165) is 12.8 Å². The maximum atomic E-state index is 12.3. The van der Waals surface area contributed by atoms with E-state index in [-0.39, 0.29) is 18.1 Å². The van der Waals surface area contributed by atoms with Crippen molar-refractivity contribution in [3.05, 3.63) is 18.2 Å². The van der Waals surface area contributed by atoms with Crippen LogP contribution in [0.25, 0.3) is 0 Å². The van der Waals surface area contributed by atoms with Gasteiger partial charge in [-0.15, -0.1) is 0 Å². The van der Waals surface area contributed by atoms with Crippen LogP contribution in [0.1, 0.15) is 110 Å². The first-order valence-electron chi connectivity index (χ1n) is 14.9. The Morgan fingerprint density at radius 2 is 1.21 bits per heavy atom. The highest BCUT2D eigenvalue weighted by Crippen LogP contribution is 2.46. The molecule has 7 nitrogen and oxygen atoms in total. The summed E-state index contributed by atoms with van der Waals surface area (Å²) in [5, 5.41) is 0. The molecule has 0 saturated carbocycles. The van der Waals surface area contributed by atoms with E-state index in [4.69, 9.17) is 18.5 Å². The molecule has 1 unspecified atom stereocenters. The standard InChI is InChI=1S/C30H56NO6P/c1-6-7-8-9-10-11-12-13-14-15-16-17-18-19-20-21-26-35-28-23-22-24-29(30(28)34-5)37-38(32,33)36-27-25-31(2,3)4/h22-24H,6-21,25-27H2,1-5H3. The average molecular weight is 558 g/mol. The third kappa shape index (κ3) is 18.1. The normalized spacial score (nSPS) is 13.3. The van der Waals surface area contributed by atoms with E-state index in [2.05, 4.69) is 6.92 Å². The van der Waals surface area contributed by atoms with Gasteiger partial charge in [0.15, 0.2) is 11.5 Å². The Morgan fingerprint density at radius 1 is 0.737 bits per heavy atom. The summed E-state index contributed by atoms with van der Waals surface area (Å²) in [6.45, 7) is 3.40. The first-order valence-corrected chi connectivity index (χ1v) is 16.4. The molecule has 0 radical (unpaired) electrons. The van der Waals surface area contributed by atoms with Gasteiger partial charge < -0.3 is 27.9 Å². The van der Waals surface area contributed by atoms with Crippen LogP contribution in [0.3, 0.4) is 0 Å². The molecule has 1 atom stereocenters. The lowest BCUT2D eigenvalue weighted by Crippen LogP contribution is -2.37. The van der Waals surface area contributed by atoms with Gasteiger partial charge in [-0.1, -0.05) is 109 Å². The number of ether oxygens (including phenoxy) is 2. The number of quaternary nitrogens is 1. The average Bonchev–Trinajstić information content (AvgIpc) is 2.85. The van der Waals surface area contributed by atoms with Crippen LogP contribution in [0.15, 0.2) is 18.2 Å². The van der Waals surface area contributed by atoms with E-state index in [1.807, 2.05) is 21.1 Å². The smallest absolute Gasteiger partial charge is 0.320 e. The van der Waals surface area contributed by atoms with Crippen molar-refractivity contribution in [3.63, 3.8) is 0 Å². The predicted octanol–water partition coefficient (Wildman–Crippen LogP) is 7.91. The zero-order valence-corrected chi connectivity index (χ0v) is 25.9. The number of rotatable bonds is 25. The number of likely N-dealkylation sites (N-methyl/N-ethyl adjacent to an activating group) is 1. The van der Waals surface area contributed by atoms with E-state index in [1.54, 1.807) is 12.1 Å². The van der Waals surface area contributed by atoms with E-state index in [0.29, 0.717) is 23.4 Å². The molecule has 222 valence electrons. The Morgan fingerprint density at radius 3 is 1.68 bits per heavy atom. The highest BCUT2D eigenvalue weighted by Gasteiger charge is 2.19. The van der Waals surface area contributed by atoms with Crippen molar-refractivity contribution >= 4 is 7.82 Å². The van der Waals surface area contributed by atoms with Crippen LogP contribution in [0.4, 0.5) is 0 Å². The second kappa shape index (κ2) is 20.6. The summed E-state index contributed by atoms with van der Waals surface area (Å²) in [6.07, 6.45) is 21.2. The van der Waals surface area contributed by atoms with E-state index >= 15 is 0 Å². The van der Waals surface area contributed by atoms with E-state index in [1.165, 1.54) is 103 Å². The molecule has 0 bridgehead atoms. The molecule has 38 heavy (non-hydrogen) atoms. The number of hydrogen-bond acceptors (Lipinski definition) is 6. The Kier molecular flexibility index (Phi) is 18.8. The summed E-state index contributed by atoms with van der Waals surface area (Å²) in [4.78, 5) is 12.3. The Bertz CT molecular complexity index is 768. The molecule has 1 aromatic rings. The van der Waals surface area contributed by atoms with E-state index in [9.17, 15) is 9.46 Å². The van der Waals surface area contributed by atoms with Gasteiger partial charge in [0.05, 0.1) is 34.9 Å². The lowest BCUT2D eigenvalue weighted by molar-refractivity contribution is -0.870. The molecule has 0 spiro atoms. The molecule has 0 aromatic heterocycles. The number of unbranched alkanes of at least 4 members (excludes halogenated alkanes) is 15. The summed E-state index contributed by atoms with van der Waals surface area (Å²) in [7, 11) is 2.83. The molecule has 1 rings (SSSR count). The van der Waals surface area contributed by atoms with Crippen molar-refractivity contribution in [2.24, 2.45) is 0 Å². The second-order valence-electron chi connectivity index (χ2n) is 11.3. The summed E-state index contributed by atoms with van der Waals surface area (Å²) in [5.74, 6) is 0.799. The van der Waals surface area contributed by atoms with Crippen molar-refractivity contribution in [2.45, 2.75) is 110 Å². The minimum absolute atomic E-state index is 0.0437. The van der Waals surface area contributed by atoms with Crippen molar-refractivity contribution in [2.75, 3.05) is 48.0 Å². The lowest BCUT2D eigenvalue weighted by atomic mass is 10.0. The van der Waals surface area contributed by atoms with Crippen LogP contribution in [0.5, 0.6) is 17.2 Å². The number of hydrogen-bond donors (Lipinski definition) is 0. The van der Waals surface area contributed by atoms with Gasteiger partial charge in [-0.2, -0.15) is 0 Å². The number of para-hydroxylation sites is 1. The fraction of sp³-hybridized carbons (Fsp3) is 0.800. The van der Waals surface area contributed by atoms with Gasteiger partial charge >= 0.3 is 7.82 Å². The number of phosphoric acid groups is 1. The van der Waals surface area contributed by atoms with Gasteiger partial charge in [0.2, 0.25) is 5.75 Å². The Labute approximate surface area is 233 Å². The fourth-order valence-corrected chi connectivity index (χ4v) is 5.03. The maximum Gasteiger partial charge on any atom is 0.320 e. The molecule has 1 aromatic carbocycles. The molecule has 0 aliphatic heterocycles. The highest BCUT2D eigenvalue weighted by atomic mass is 31.2. The number of benzene rings is 1. The predicted molar refractivity (Wildman–Crippen MR) is 155 cm³/mol. The first kappa shape index (κ1) is 34.8. The molecule has 8 heteroatoms. The zero-order valence-electron chi connectivity index (χ0n) is 25.0. The van der Waals surface area contributed by atoms with Crippen molar-refractivity contribution in [1.29, 1.82) is 0 Å². The summed E-state index contributed by atoms with van der Waals surface area (Å²) in [6, 6.07) is 4.98. The minimum atomic E-state index is -4.52. The molecule has 0 amide bonds. The largest absolute Gasteiger partial charge is 0.746 e. The summed E-state index contributed by atoms with van der Waals surface area (Å²) >= 11 is 0. The van der Waals surface area contributed by atoms with Gasteiger partial charge in [0.1, 0.15) is 13.2 Å². The van der Waals surface area contributed by atoms with Crippen molar-refractivity contribution in [1.82, 2.24) is 0 Å². The third-order valence-electron chi connectivity index (χ3n) is 6.62. The second-order valence-corrected chi connectivity index (χ2v) is 12.7. The Hall–Kier alpha value is -1.27. The van der Waals surface area contributed by atoms with Gasteiger partial charge in [-0.3, -0.25) is 4.57 Å². The van der Waals surface area contributed by atoms with Gasteiger partial charge in [0.25, 0.3) is 0 Å². The maximum absolute atomic E-state index is 12.3. The molecule has 0 heterocycles. The van der Waals surface area contributed by atoms with Crippen LogP contribution < -0.4 is 18.9 Å². The minimum Gasteiger partial charge on any atom is -0.746 e. The molecular formula is C30H56NO6P. The summed E-state index contributed by atoms with van der Waals surface area (Å²) in [5.41, 5.74) is 0. The number of methoxy groups -OCH3 is 1. The van der Waals surface area contributed by atoms with Crippen LogP contribution in [-0.4, -0.2) is 52.5 Å². The zero-order chi connectivity index (χ0) is 28.1. The molecule has 0 fully saturated rings. The molecule has 0 aliphatic carbocycles. The van der Waals surface area contributed by atoms with Crippen LogP contribution in [0, 0.1) is 0 Å². The van der Waals surface area contributed by atoms with Crippen LogP contribution >= 0.6 is 7.82 Å². The molecular weight excluding hydrogens is 501 g/mol. The lowest BCUT2D eigenvalue weighted by Gasteiger charge is -2.28. The van der Waals surface area contributed by atoms with Crippen LogP contribution in [0.2, 0.25) is 0 Å².